The number of anilines is 1. The largest absolute Gasteiger partial charge is 0.573 e. The van der Waals surface area contributed by atoms with Crippen molar-refractivity contribution in [1.29, 1.82) is 0 Å². The third kappa shape index (κ3) is 3.73. The number of carbonyl (C=O) groups is 1. The fourth-order valence-corrected chi connectivity index (χ4v) is 3.20. The van der Waals surface area contributed by atoms with Gasteiger partial charge in [-0.2, -0.15) is 9.67 Å². The first kappa shape index (κ1) is 19.6. The second kappa shape index (κ2) is 7.25. The van der Waals surface area contributed by atoms with Gasteiger partial charge in [0.2, 0.25) is 0 Å². The highest BCUT2D eigenvalue weighted by Crippen LogP contribution is 2.26. The Balaban J connectivity index is 1.61. The minimum absolute atomic E-state index is 0.0879. The molecule has 1 aliphatic heterocycles. The molecule has 1 aromatic heterocycles. The molecule has 1 aliphatic rings. The lowest BCUT2D eigenvalue weighted by Gasteiger charge is -2.16. The molecule has 0 fully saturated rings. The number of hydrogen-bond acceptors (Lipinski definition) is 5. The maximum absolute atomic E-state index is 12.9. The van der Waals surface area contributed by atoms with E-state index >= 15 is 0 Å². The molecule has 2 heterocycles. The van der Waals surface area contributed by atoms with Crippen molar-refractivity contribution in [3.63, 3.8) is 0 Å². The number of methoxy groups -OCH3 is 1. The summed E-state index contributed by atoms with van der Waals surface area (Å²) < 4.78 is 48.6. The Morgan fingerprint density at radius 3 is 2.47 bits per heavy atom. The van der Waals surface area contributed by atoms with Crippen LogP contribution in [0.3, 0.4) is 0 Å². The van der Waals surface area contributed by atoms with Crippen LogP contribution in [0.15, 0.2) is 53.3 Å². The van der Waals surface area contributed by atoms with Crippen LogP contribution in [-0.4, -0.2) is 33.9 Å². The Morgan fingerprint density at radius 2 is 1.80 bits per heavy atom. The molecule has 0 aliphatic carbocycles. The topological polar surface area (TPSA) is 78.6 Å². The molecular weight excluding hydrogens is 405 g/mol. The molecule has 0 radical (unpaired) electrons. The average Bonchev–Trinajstić information content (AvgIpc) is 3.17. The highest BCUT2D eigenvalue weighted by atomic mass is 19.4. The molecule has 0 bridgehead atoms. The summed E-state index contributed by atoms with van der Waals surface area (Å²) in [6.45, 7) is -0.0618. The van der Waals surface area contributed by atoms with Gasteiger partial charge >= 0.3 is 18.1 Å². The maximum Gasteiger partial charge on any atom is 0.573 e. The smallest absolute Gasteiger partial charge is 0.497 e. The summed E-state index contributed by atoms with van der Waals surface area (Å²) in [5, 5.41) is 0. The quantitative estimate of drug-likeness (QED) is 0.634. The van der Waals surface area contributed by atoms with Crippen LogP contribution in [0.4, 0.5) is 23.7 Å². The number of amides is 1. The Morgan fingerprint density at radius 1 is 1.07 bits per heavy atom. The highest BCUT2D eigenvalue weighted by Gasteiger charge is 2.34. The lowest BCUT2D eigenvalue weighted by Crippen LogP contribution is -2.34. The molecule has 0 unspecified atom stereocenters. The number of alkyl halides is 3. The van der Waals surface area contributed by atoms with Crippen molar-refractivity contribution in [2.75, 3.05) is 12.0 Å². The lowest BCUT2D eigenvalue weighted by atomic mass is 10.2. The molecule has 0 spiro atoms. The van der Waals surface area contributed by atoms with E-state index in [2.05, 4.69) is 9.72 Å². The SMILES string of the molecule is COc1ccc(N2Cc3nc(=O)n(Cc4cccc(OC(F)(F)F)c4)n3C2=O)cc1. The normalized spacial score (nSPS) is 13.5. The van der Waals surface area contributed by atoms with E-state index in [-0.39, 0.29) is 18.9 Å². The number of benzene rings is 2. The summed E-state index contributed by atoms with van der Waals surface area (Å²) in [6.07, 6.45) is -4.83. The molecule has 3 aromatic rings. The maximum atomic E-state index is 12.9. The van der Waals surface area contributed by atoms with Crippen LogP contribution in [0.5, 0.6) is 11.5 Å². The van der Waals surface area contributed by atoms with Crippen LogP contribution >= 0.6 is 0 Å². The molecule has 0 atom stereocenters. The number of rotatable bonds is 5. The first-order valence-corrected chi connectivity index (χ1v) is 8.74. The van der Waals surface area contributed by atoms with E-state index in [9.17, 15) is 22.8 Å². The van der Waals surface area contributed by atoms with Crippen LogP contribution in [0.1, 0.15) is 11.4 Å². The molecule has 11 heteroatoms. The van der Waals surface area contributed by atoms with Gasteiger partial charge in [0.05, 0.1) is 20.2 Å². The van der Waals surface area contributed by atoms with Crippen LogP contribution < -0.4 is 20.1 Å². The predicted octanol–water partition coefficient (Wildman–Crippen LogP) is 2.99. The molecule has 2 aromatic carbocycles. The molecule has 0 saturated carbocycles. The molecule has 8 nitrogen and oxygen atoms in total. The summed E-state index contributed by atoms with van der Waals surface area (Å²) in [7, 11) is 1.53. The Kier molecular flexibility index (Phi) is 4.72. The third-order valence-corrected chi connectivity index (χ3v) is 4.49. The van der Waals surface area contributed by atoms with Gasteiger partial charge in [-0.3, -0.25) is 4.90 Å². The van der Waals surface area contributed by atoms with E-state index < -0.39 is 23.8 Å². The second-order valence-corrected chi connectivity index (χ2v) is 6.44. The molecule has 4 rings (SSSR count). The van der Waals surface area contributed by atoms with Crippen LogP contribution in [0.25, 0.3) is 0 Å². The van der Waals surface area contributed by atoms with Crippen LogP contribution in [0, 0.1) is 0 Å². The number of nitrogens with zero attached hydrogens (tertiary/aromatic N) is 4. The van der Waals surface area contributed by atoms with Gasteiger partial charge in [0.15, 0.2) is 5.82 Å². The number of aromatic nitrogens is 3. The van der Waals surface area contributed by atoms with Crippen molar-refractivity contribution in [2.45, 2.75) is 19.5 Å². The highest BCUT2D eigenvalue weighted by molar-refractivity contribution is 5.95. The van der Waals surface area contributed by atoms with Crippen molar-refractivity contribution >= 4 is 11.7 Å². The minimum Gasteiger partial charge on any atom is -0.497 e. The predicted molar refractivity (Wildman–Crippen MR) is 98.7 cm³/mol. The van der Waals surface area contributed by atoms with E-state index in [0.29, 0.717) is 17.0 Å². The summed E-state index contributed by atoms with van der Waals surface area (Å²) in [6, 6.07) is 11.5. The summed E-state index contributed by atoms with van der Waals surface area (Å²) in [5.41, 5.74) is 0.262. The first-order chi connectivity index (χ1) is 14.2. The number of carbonyl (C=O) groups excluding carboxylic acids is 1. The average molecular weight is 420 g/mol. The van der Waals surface area contributed by atoms with Gasteiger partial charge in [0.1, 0.15) is 11.5 Å². The zero-order valence-electron chi connectivity index (χ0n) is 15.6. The van der Waals surface area contributed by atoms with E-state index in [0.717, 1.165) is 21.5 Å². The van der Waals surface area contributed by atoms with Crippen molar-refractivity contribution < 1.29 is 27.4 Å². The summed E-state index contributed by atoms with van der Waals surface area (Å²) in [5.74, 6) is 0.449. The monoisotopic (exact) mass is 420 g/mol. The molecule has 30 heavy (non-hydrogen) atoms. The third-order valence-electron chi connectivity index (χ3n) is 4.49. The van der Waals surface area contributed by atoms with Crippen molar-refractivity contribution in [3.8, 4) is 11.5 Å². The second-order valence-electron chi connectivity index (χ2n) is 6.44. The van der Waals surface area contributed by atoms with Gasteiger partial charge < -0.3 is 9.47 Å². The molecule has 0 saturated heterocycles. The van der Waals surface area contributed by atoms with E-state index in [1.807, 2.05) is 0 Å². The number of halogens is 3. The molecule has 0 N–H and O–H groups in total. The zero-order valence-corrected chi connectivity index (χ0v) is 15.6. The summed E-state index contributed by atoms with van der Waals surface area (Å²) >= 11 is 0. The van der Waals surface area contributed by atoms with Crippen molar-refractivity contribution in [2.24, 2.45) is 0 Å². The number of fused-ring (bicyclic) bond motifs is 1. The van der Waals surface area contributed by atoms with Gasteiger partial charge in [-0.1, -0.05) is 12.1 Å². The van der Waals surface area contributed by atoms with Crippen molar-refractivity contribution in [1.82, 2.24) is 14.3 Å². The lowest BCUT2D eigenvalue weighted by molar-refractivity contribution is -0.274. The Labute approximate surface area is 167 Å². The van der Waals surface area contributed by atoms with Gasteiger partial charge in [-0.05, 0) is 42.0 Å². The van der Waals surface area contributed by atoms with E-state index in [1.165, 1.54) is 24.1 Å². The molecule has 156 valence electrons. The van der Waals surface area contributed by atoms with Gasteiger partial charge in [0, 0.05) is 5.69 Å². The molecule has 1 amide bonds. The summed E-state index contributed by atoms with van der Waals surface area (Å²) in [4.78, 5) is 30.5. The molecular formula is C19H15F3N4O4. The fraction of sp³-hybridized carbons (Fsp3) is 0.211. The van der Waals surface area contributed by atoms with Gasteiger partial charge in [-0.25, -0.2) is 14.3 Å². The van der Waals surface area contributed by atoms with E-state index in [1.54, 1.807) is 24.3 Å². The fourth-order valence-electron chi connectivity index (χ4n) is 3.20. The van der Waals surface area contributed by atoms with Crippen molar-refractivity contribution in [3.05, 3.63) is 70.4 Å². The van der Waals surface area contributed by atoms with Crippen LogP contribution in [-0.2, 0) is 13.1 Å². The zero-order chi connectivity index (χ0) is 21.5. The van der Waals surface area contributed by atoms with E-state index in [4.69, 9.17) is 4.74 Å². The number of hydrogen-bond donors (Lipinski definition) is 0. The standard InChI is InChI=1S/C19H15F3N4O4/c1-29-14-7-5-13(6-8-14)24-11-16-23-17(27)25(26(16)18(24)28)10-12-3-2-4-15(9-12)30-19(20,21)22/h2-9H,10-11H2,1H3. The van der Waals surface area contributed by atoms with Gasteiger partial charge in [-0.15, -0.1) is 13.2 Å². The minimum atomic E-state index is -4.83. The first-order valence-electron chi connectivity index (χ1n) is 8.74. The number of ether oxygens (including phenoxy) is 2. The van der Waals surface area contributed by atoms with Gasteiger partial charge in [0.25, 0.3) is 0 Å². The Bertz CT molecular complexity index is 1150. The Hall–Kier alpha value is -3.76. The van der Waals surface area contributed by atoms with Crippen LogP contribution in [0.2, 0.25) is 0 Å².